The highest BCUT2D eigenvalue weighted by Crippen LogP contribution is 2.05. The van der Waals surface area contributed by atoms with Crippen LogP contribution in [0.15, 0.2) is 0 Å². The summed E-state index contributed by atoms with van der Waals surface area (Å²) in [7, 11) is 0. The third kappa shape index (κ3) is 6.39. The monoisotopic (exact) mass is 269 g/mol. The summed E-state index contributed by atoms with van der Waals surface area (Å²) in [5, 5.41) is 3.34. The van der Waals surface area contributed by atoms with Crippen molar-refractivity contribution in [1.82, 2.24) is 15.1 Å². The molecule has 1 amide bonds. The number of nitrogens with zero attached hydrogens (tertiary/aromatic N) is 2. The van der Waals surface area contributed by atoms with Gasteiger partial charge >= 0.3 is 0 Å². The Kier molecular flexibility index (Phi) is 8.07. The van der Waals surface area contributed by atoms with Crippen molar-refractivity contribution in [1.29, 1.82) is 0 Å². The molecule has 1 heterocycles. The quantitative estimate of drug-likeness (QED) is 0.715. The molecule has 1 aliphatic heterocycles. The Hall–Kier alpha value is -0.610. The molecule has 1 saturated heterocycles. The lowest BCUT2D eigenvalue weighted by molar-refractivity contribution is -0.132. The summed E-state index contributed by atoms with van der Waals surface area (Å²) in [5.41, 5.74) is 0. The topological polar surface area (TPSA) is 35.6 Å². The molecule has 19 heavy (non-hydrogen) atoms. The van der Waals surface area contributed by atoms with E-state index < -0.39 is 0 Å². The molecule has 112 valence electrons. The molecule has 0 unspecified atom stereocenters. The second-order valence-electron chi connectivity index (χ2n) is 5.76. The number of carbonyl (C=O) groups excluding carboxylic acids is 1. The molecule has 0 aromatic heterocycles. The normalized spacial score (nSPS) is 17.0. The zero-order valence-electron chi connectivity index (χ0n) is 13.0. The summed E-state index contributed by atoms with van der Waals surface area (Å²) >= 11 is 0. The lowest BCUT2D eigenvalue weighted by Gasteiger charge is -2.29. The number of rotatable bonds is 7. The van der Waals surface area contributed by atoms with E-state index in [9.17, 15) is 4.79 Å². The molecule has 0 saturated carbocycles. The first kappa shape index (κ1) is 16.4. The van der Waals surface area contributed by atoms with E-state index in [0.717, 1.165) is 39.1 Å². The Balaban J connectivity index is 2.40. The average molecular weight is 269 g/mol. The van der Waals surface area contributed by atoms with Crippen LogP contribution in [0.5, 0.6) is 0 Å². The van der Waals surface area contributed by atoms with Crippen LogP contribution >= 0.6 is 0 Å². The van der Waals surface area contributed by atoms with Crippen molar-refractivity contribution in [3.63, 3.8) is 0 Å². The average Bonchev–Trinajstić information content (AvgIpc) is 2.66. The van der Waals surface area contributed by atoms with Gasteiger partial charge in [-0.05, 0) is 39.8 Å². The van der Waals surface area contributed by atoms with Gasteiger partial charge in [0.15, 0.2) is 0 Å². The lowest BCUT2D eigenvalue weighted by atomic mass is 10.2. The van der Waals surface area contributed by atoms with Crippen molar-refractivity contribution in [2.24, 2.45) is 0 Å². The standard InChI is InChI=1S/C15H31N3O/c1-4-5-6-10-18(14(2)3)13-15(19)17-11-7-8-16-9-12-17/h14,16H,4-13H2,1-3H3. The SMILES string of the molecule is CCCCCN(CC(=O)N1CCCNCC1)C(C)C. The Morgan fingerprint density at radius 2 is 2.05 bits per heavy atom. The van der Waals surface area contributed by atoms with Gasteiger partial charge in [0.25, 0.3) is 0 Å². The van der Waals surface area contributed by atoms with Crippen LogP contribution in [-0.2, 0) is 4.79 Å². The third-order valence-electron chi connectivity index (χ3n) is 3.81. The van der Waals surface area contributed by atoms with Gasteiger partial charge in [-0.2, -0.15) is 0 Å². The van der Waals surface area contributed by atoms with E-state index in [4.69, 9.17) is 0 Å². The highest BCUT2D eigenvalue weighted by atomic mass is 16.2. The minimum atomic E-state index is 0.300. The van der Waals surface area contributed by atoms with E-state index in [2.05, 4.69) is 31.0 Å². The number of carbonyl (C=O) groups is 1. The van der Waals surface area contributed by atoms with Crippen molar-refractivity contribution in [2.75, 3.05) is 39.3 Å². The molecule has 0 aliphatic carbocycles. The molecule has 1 fully saturated rings. The third-order valence-corrected chi connectivity index (χ3v) is 3.81. The fourth-order valence-electron chi connectivity index (χ4n) is 2.45. The summed E-state index contributed by atoms with van der Waals surface area (Å²) < 4.78 is 0. The summed E-state index contributed by atoms with van der Waals surface area (Å²) in [5.74, 6) is 0.300. The van der Waals surface area contributed by atoms with E-state index >= 15 is 0 Å². The second kappa shape index (κ2) is 9.32. The molecule has 1 aliphatic rings. The first-order valence-electron chi connectivity index (χ1n) is 7.87. The van der Waals surface area contributed by atoms with Gasteiger partial charge in [0.05, 0.1) is 6.54 Å². The van der Waals surface area contributed by atoms with E-state index in [1.165, 1.54) is 19.3 Å². The van der Waals surface area contributed by atoms with Gasteiger partial charge in [-0.15, -0.1) is 0 Å². The molecule has 4 heteroatoms. The summed E-state index contributed by atoms with van der Waals surface area (Å²) in [6, 6.07) is 0.450. The van der Waals surface area contributed by atoms with Gasteiger partial charge in [0, 0.05) is 25.7 Å². The van der Waals surface area contributed by atoms with Crippen molar-refractivity contribution in [2.45, 2.75) is 52.5 Å². The number of amides is 1. The molecule has 0 atom stereocenters. The number of unbranched alkanes of at least 4 members (excludes halogenated alkanes) is 2. The zero-order valence-corrected chi connectivity index (χ0v) is 13.0. The molecule has 0 aromatic carbocycles. The fourth-order valence-corrected chi connectivity index (χ4v) is 2.45. The van der Waals surface area contributed by atoms with Crippen LogP contribution in [-0.4, -0.2) is 61.0 Å². The molecule has 4 nitrogen and oxygen atoms in total. The van der Waals surface area contributed by atoms with Crippen LogP contribution < -0.4 is 5.32 Å². The Morgan fingerprint density at radius 1 is 1.26 bits per heavy atom. The second-order valence-corrected chi connectivity index (χ2v) is 5.76. The minimum Gasteiger partial charge on any atom is -0.340 e. The molecular formula is C15H31N3O. The van der Waals surface area contributed by atoms with Crippen LogP contribution in [0, 0.1) is 0 Å². The van der Waals surface area contributed by atoms with Crippen molar-refractivity contribution in [3.8, 4) is 0 Å². The van der Waals surface area contributed by atoms with Crippen LogP contribution in [0.25, 0.3) is 0 Å². The highest BCUT2D eigenvalue weighted by Gasteiger charge is 2.19. The maximum absolute atomic E-state index is 12.4. The molecular weight excluding hydrogens is 238 g/mol. The largest absolute Gasteiger partial charge is 0.340 e. The van der Waals surface area contributed by atoms with Crippen LogP contribution in [0.1, 0.15) is 46.5 Å². The molecule has 1 rings (SSSR count). The number of hydrogen-bond acceptors (Lipinski definition) is 3. The minimum absolute atomic E-state index is 0.300. The predicted octanol–water partition coefficient (Wildman–Crippen LogP) is 1.71. The summed E-state index contributed by atoms with van der Waals surface area (Å²) in [4.78, 5) is 16.7. The van der Waals surface area contributed by atoms with Gasteiger partial charge in [0.1, 0.15) is 0 Å². The van der Waals surface area contributed by atoms with E-state index in [1.807, 2.05) is 4.90 Å². The summed E-state index contributed by atoms with van der Waals surface area (Å²) in [6.07, 6.45) is 4.76. The molecule has 0 bridgehead atoms. The predicted molar refractivity (Wildman–Crippen MR) is 80.3 cm³/mol. The Morgan fingerprint density at radius 3 is 2.74 bits per heavy atom. The number of nitrogens with one attached hydrogen (secondary N) is 1. The fraction of sp³-hybridized carbons (Fsp3) is 0.933. The maximum Gasteiger partial charge on any atom is 0.236 e. The van der Waals surface area contributed by atoms with Gasteiger partial charge in [-0.1, -0.05) is 19.8 Å². The maximum atomic E-state index is 12.4. The lowest BCUT2D eigenvalue weighted by Crippen LogP contribution is -2.44. The molecule has 0 spiro atoms. The van der Waals surface area contributed by atoms with Crippen LogP contribution in [0.3, 0.4) is 0 Å². The zero-order chi connectivity index (χ0) is 14.1. The van der Waals surface area contributed by atoms with E-state index in [0.29, 0.717) is 18.5 Å². The van der Waals surface area contributed by atoms with Gasteiger partial charge in [-0.3, -0.25) is 9.69 Å². The van der Waals surface area contributed by atoms with E-state index in [1.54, 1.807) is 0 Å². The van der Waals surface area contributed by atoms with E-state index in [-0.39, 0.29) is 0 Å². The number of hydrogen-bond donors (Lipinski definition) is 1. The van der Waals surface area contributed by atoms with Gasteiger partial charge in [0.2, 0.25) is 5.91 Å². The molecule has 1 N–H and O–H groups in total. The van der Waals surface area contributed by atoms with Crippen LogP contribution in [0.4, 0.5) is 0 Å². The molecule has 0 aromatic rings. The first-order valence-corrected chi connectivity index (χ1v) is 7.87. The first-order chi connectivity index (χ1) is 9.15. The van der Waals surface area contributed by atoms with Gasteiger partial charge < -0.3 is 10.2 Å². The Bertz CT molecular complexity index is 248. The Labute approximate surface area is 118 Å². The highest BCUT2D eigenvalue weighted by molar-refractivity contribution is 5.78. The smallest absolute Gasteiger partial charge is 0.236 e. The van der Waals surface area contributed by atoms with Gasteiger partial charge in [-0.25, -0.2) is 0 Å². The van der Waals surface area contributed by atoms with Crippen LogP contribution in [0.2, 0.25) is 0 Å². The summed E-state index contributed by atoms with van der Waals surface area (Å²) in [6.45, 7) is 12.0. The van der Waals surface area contributed by atoms with Crippen molar-refractivity contribution < 1.29 is 4.79 Å². The molecule has 0 radical (unpaired) electrons. The van der Waals surface area contributed by atoms with Crippen molar-refractivity contribution >= 4 is 5.91 Å². The van der Waals surface area contributed by atoms with Crippen molar-refractivity contribution in [3.05, 3.63) is 0 Å².